The number of nitrogens with two attached hydrogens (primary N) is 1. The van der Waals surface area contributed by atoms with E-state index in [4.69, 9.17) is 11.0 Å². The predicted octanol–water partition coefficient (Wildman–Crippen LogP) is 3.05. The lowest BCUT2D eigenvalue weighted by molar-refractivity contribution is 0.466. The topological polar surface area (TPSA) is 74.2 Å². The molecule has 102 valence electrons. The average molecular weight is 250 g/mol. The van der Waals surface area contributed by atoms with Gasteiger partial charge in [0.1, 0.15) is 0 Å². The van der Waals surface area contributed by atoms with E-state index in [1.165, 1.54) is 57.8 Å². The summed E-state index contributed by atoms with van der Waals surface area (Å²) in [6.45, 7) is 0. The van der Waals surface area contributed by atoms with E-state index in [0.29, 0.717) is 6.04 Å². The normalized spacial score (nSPS) is 21.4. The highest BCUT2D eigenvalue weighted by molar-refractivity contribution is 5.79. The molecule has 0 atom stereocenters. The number of nitriles is 1. The van der Waals surface area contributed by atoms with Crippen LogP contribution in [0.4, 0.5) is 0 Å². The summed E-state index contributed by atoms with van der Waals surface area (Å²) in [6, 6.07) is 0.297. The van der Waals surface area contributed by atoms with Crippen molar-refractivity contribution in [2.75, 3.05) is 0 Å². The minimum Gasteiger partial charge on any atom is -0.369 e. The van der Waals surface area contributed by atoms with Gasteiger partial charge in [0.25, 0.3) is 0 Å². The molecule has 0 bridgehead atoms. The molecule has 3 N–H and O–H groups in total. The Labute approximate surface area is 111 Å². The van der Waals surface area contributed by atoms with Crippen LogP contribution in [0.15, 0.2) is 4.99 Å². The Kier molecular flexibility index (Phi) is 8.03. The second kappa shape index (κ2) is 9.76. The molecule has 0 spiro atoms. The van der Waals surface area contributed by atoms with E-state index in [1.807, 2.05) is 6.19 Å². The molecular formula is C14H26N4. The van der Waals surface area contributed by atoms with Gasteiger partial charge in [-0.05, 0) is 12.8 Å². The van der Waals surface area contributed by atoms with Gasteiger partial charge in [-0.25, -0.2) is 4.99 Å². The molecule has 1 fully saturated rings. The Bertz CT molecular complexity index is 268. The highest BCUT2D eigenvalue weighted by Crippen LogP contribution is 2.18. The largest absolute Gasteiger partial charge is 0.369 e. The fourth-order valence-corrected chi connectivity index (χ4v) is 2.56. The molecule has 0 radical (unpaired) electrons. The maximum atomic E-state index is 8.50. The molecular weight excluding hydrogens is 224 g/mol. The summed E-state index contributed by atoms with van der Waals surface area (Å²) in [5.74, 6) is 0.273. The number of rotatable bonds is 1. The summed E-state index contributed by atoms with van der Waals surface area (Å²) >= 11 is 0. The molecule has 4 nitrogen and oxygen atoms in total. The van der Waals surface area contributed by atoms with Crippen molar-refractivity contribution in [3.63, 3.8) is 0 Å². The lowest BCUT2D eigenvalue weighted by atomic mass is 9.98. The van der Waals surface area contributed by atoms with Crippen LogP contribution in [0.2, 0.25) is 0 Å². The molecule has 0 heterocycles. The number of guanidine groups is 1. The van der Waals surface area contributed by atoms with Gasteiger partial charge in [0, 0.05) is 0 Å². The van der Waals surface area contributed by atoms with Gasteiger partial charge in [0.15, 0.2) is 6.19 Å². The Morgan fingerprint density at radius 1 is 0.944 bits per heavy atom. The first-order valence-corrected chi connectivity index (χ1v) is 7.31. The van der Waals surface area contributed by atoms with Crippen molar-refractivity contribution in [2.24, 2.45) is 10.7 Å². The van der Waals surface area contributed by atoms with Crippen LogP contribution >= 0.6 is 0 Å². The minimum absolute atomic E-state index is 0.273. The Hall–Kier alpha value is -1.24. The van der Waals surface area contributed by atoms with E-state index >= 15 is 0 Å². The Balaban J connectivity index is 2.41. The zero-order valence-corrected chi connectivity index (χ0v) is 11.3. The van der Waals surface area contributed by atoms with Crippen molar-refractivity contribution in [3.05, 3.63) is 0 Å². The van der Waals surface area contributed by atoms with Crippen molar-refractivity contribution in [1.82, 2.24) is 5.32 Å². The van der Waals surface area contributed by atoms with Crippen molar-refractivity contribution in [2.45, 2.75) is 76.7 Å². The number of nitrogens with one attached hydrogen (secondary N) is 1. The standard InChI is InChI=1S/C14H26N4/c15-12-17-14(16)18-13-10-8-6-4-2-1-3-5-7-9-11-13/h13H,1-11H2,(H3,16,17,18). The van der Waals surface area contributed by atoms with Crippen LogP contribution in [-0.4, -0.2) is 12.0 Å². The van der Waals surface area contributed by atoms with E-state index < -0.39 is 0 Å². The van der Waals surface area contributed by atoms with E-state index in [0.717, 1.165) is 12.8 Å². The first kappa shape index (κ1) is 14.8. The van der Waals surface area contributed by atoms with Crippen LogP contribution in [0, 0.1) is 11.5 Å². The fraction of sp³-hybridized carbons (Fsp3) is 0.857. The molecule has 0 aromatic heterocycles. The molecule has 1 rings (SSSR count). The van der Waals surface area contributed by atoms with E-state index in [-0.39, 0.29) is 5.96 Å². The third-order valence-electron chi connectivity index (χ3n) is 3.58. The maximum absolute atomic E-state index is 8.50. The first-order chi connectivity index (χ1) is 8.83. The molecule has 0 saturated heterocycles. The van der Waals surface area contributed by atoms with Gasteiger partial charge in [-0.2, -0.15) is 5.26 Å². The number of hydrogen-bond donors (Lipinski definition) is 2. The van der Waals surface area contributed by atoms with Crippen molar-refractivity contribution >= 4 is 5.96 Å². The molecule has 4 heteroatoms. The molecule has 0 aromatic carbocycles. The van der Waals surface area contributed by atoms with E-state index in [2.05, 4.69) is 10.3 Å². The summed E-state index contributed by atoms with van der Waals surface area (Å²) in [5.41, 5.74) is 5.65. The molecule has 18 heavy (non-hydrogen) atoms. The van der Waals surface area contributed by atoms with Gasteiger partial charge < -0.3 is 5.73 Å². The molecule has 0 unspecified atom stereocenters. The zero-order valence-electron chi connectivity index (χ0n) is 11.3. The van der Waals surface area contributed by atoms with Crippen molar-refractivity contribution < 1.29 is 0 Å². The van der Waals surface area contributed by atoms with Crippen molar-refractivity contribution in [1.29, 1.82) is 5.26 Å². The SMILES string of the molecule is N#CNC(N)=NC1CCCCCCCCCCC1. The van der Waals surface area contributed by atoms with Crippen molar-refractivity contribution in [3.8, 4) is 6.19 Å². The molecule has 0 aliphatic heterocycles. The number of nitrogens with zero attached hydrogens (tertiary/aromatic N) is 2. The Morgan fingerprint density at radius 3 is 1.83 bits per heavy atom. The maximum Gasteiger partial charge on any atom is 0.202 e. The van der Waals surface area contributed by atoms with Gasteiger partial charge in [-0.3, -0.25) is 5.32 Å². The molecule has 1 aliphatic carbocycles. The summed E-state index contributed by atoms with van der Waals surface area (Å²) in [6.07, 6.45) is 16.0. The smallest absolute Gasteiger partial charge is 0.202 e. The van der Waals surface area contributed by atoms with Gasteiger partial charge in [-0.1, -0.05) is 57.8 Å². The third-order valence-corrected chi connectivity index (χ3v) is 3.58. The fourth-order valence-electron chi connectivity index (χ4n) is 2.56. The van der Waals surface area contributed by atoms with Gasteiger partial charge in [-0.15, -0.1) is 0 Å². The monoisotopic (exact) mass is 250 g/mol. The predicted molar refractivity (Wildman–Crippen MR) is 74.9 cm³/mol. The van der Waals surface area contributed by atoms with Crippen LogP contribution in [0.3, 0.4) is 0 Å². The van der Waals surface area contributed by atoms with Gasteiger partial charge in [0.05, 0.1) is 6.04 Å². The summed E-state index contributed by atoms with van der Waals surface area (Å²) in [5, 5.41) is 10.9. The summed E-state index contributed by atoms with van der Waals surface area (Å²) in [7, 11) is 0. The third kappa shape index (κ3) is 7.16. The van der Waals surface area contributed by atoms with Crippen LogP contribution < -0.4 is 11.1 Å². The van der Waals surface area contributed by atoms with Crippen LogP contribution in [0.1, 0.15) is 70.6 Å². The molecule has 1 saturated carbocycles. The quantitative estimate of drug-likeness (QED) is 0.325. The molecule has 1 aliphatic rings. The Morgan fingerprint density at radius 2 is 1.39 bits per heavy atom. The number of hydrogen-bond acceptors (Lipinski definition) is 2. The highest BCUT2D eigenvalue weighted by Gasteiger charge is 2.08. The van der Waals surface area contributed by atoms with Gasteiger partial charge >= 0.3 is 0 Å². The molecule has 0 amide bonds. The number of aliphatic imine (C=N–C) groups is 1. The van der Waals surface area contributed by atoms with Crippen LogP contribution in [0.25, 0.3) is 0 Å². The zero-order chi connectivity index (χ0) is 13.1. The lowest BCUT2D eigenvalue weighted by Crippen LogP contribution is -2.29. The van der Waals surface area contributed by atoms with Crippen LogP contribution in [-0.2, 0) is 0 Å². The molecule has 0 aromatic rings. The summed E-state index contributed by atoms with van der Waals surface area (Å²) in [4.78, 5) is 4.41. The minimum atomic E-state index is 0.273. The highest BCUT2D eigenvalue weighted by atomic mass is 15.1. The second-order valence-corrected chi connectivity index (χ2v) is 5.16. The summed E-state index contributed by atoms with van der Waals surface area (Å²) < 4.78 is 0. The van der Waals surface area contributed by atoms with Crippen LogP contribution in [0.5, 0.6) is 0 Å². The van der Waals surface area contributed by atoms with Gasteiger partial charge in [0.2, 0.25) is 5.96 Å². The average Bonchev–Trinajstić information content (AvgIpc) is 2.33. The van der Waals surface area contributed by atoms with E-state index in [1.54, 1.807) is 0 Å². The van der Waals surface area contributed by atoms with E-state index in [9.17, 15) is 0 Å². The second-order valence-electron chi connectivity index (χ2n) is 5.16. The lowest BCUT2D eigenvalue weighted by Gasteiger charge is -2.14. The first-order valence-electron chi connectivity index (χ1n) is 7.31.